The lowest BCUT2D eigenvalue weighted by atomic mass is 10.3. The summed E-state index contributed by atoms with van der Waals surface area (Å²) in [5.41, 5.74) is 1.95. The Morgan fingerprint density at radius 1 is 1.33 bits per heavy atom. The monoisotopic (exact) mass is 291 g/mol. The topological polar surface area (TPSA) is 65.4 Å². The number of methoxy groups -OCH3 is 2. The highest BCUT2D eigenvalue weighted by atomic mass is 16.5. The molecule has 21 heavy (non-hydrogen) atoms. The van der Waals surface area contributed by atoms with Crippen LogP contribution in [0.5, 0.6) is 0 Å². The van der Waals surface area contributed by atoms with E-state index in [1.165, 1.54) is 7.11 Å². The zero-order valence-electron chi connectivity index (χ0n) is 12.6. The molecule has 114 valence electrons. The number of para-hydroxylation sites is 2. The van der Waals surface area contributed by atoms with Crippen LogP contribution in [0, 0.1) is 0 Å². The molecule has 2 rings (SSSR count). The van der Waals surface area contributed by atoms with Crippen molar-refractivity contribution in [2.75, 3.05) is 27.4 Å². The molecule has 1 heterocycles. The van der Waals surface area contributed by atoms with E-state index in [0.29, 0.717) is 13.2 Å². The molecule has 0 aliphatic rings. The van der Waals surface area contributed by atoms with Crippen molar-refractivity contribution in [1.29, 1.82) is 0 Å². The van der Waals surface area contributed by atoms with Gasteiger partial charge in [-0.2, -0.15) is 0 Å². The average molecular weight is 291 g/mol. The zero-order valence-corrected chi connectivity index (χ0v) is 12.6. The van der Waals surface area contributed by atoms with Crippen molar-refractivity contribution in [3.05, 3.63) is 30.1 Å². The van der Waals surface area contributed by atoms with Gasteiger partial charge in [-0.25, -0.2) is 4.98 Å². The van der Waals surface area contributed by atoms with E-state index < -0.39 is 0 Å². The van der Waals surface area contributed by atoms with Crippen LogP contribution in [0.25, 0.3) is 11.0 Å². The second-order valence-corrected chi connectivity index (χ2v) is 4.83. The van der Waals surface area contributed by atoms with Crippen molar-refractivity contribution in [3.63, 3.8) is 0 Å². The van der Waals surface area contributed by atoms with Gasteiger partial charge in [-0.15, -0.1) is 0 Å². The van der Waals surface area contributed by atoms with E-state index in [0.717, 1.165) is 16.9 Å². The molecular weight excluding hydrogens is 270 g/mol. The van der Waals surface area contributed by atoms with E-state index in [4.69, 9.17) is 9.47 Å². The number of imidazole rings is 1. The Labute approximate surface area is 124 Å². The molecule has 1 aromatic heterocycles. The fourth-order valence-corrected chi connectivity index (χ4v) is 2.32. The van der Waals surface area contributed by atoms with Crippen molar-refractivity contribution in [1.82, 2.24) is 14.9 Å². The smallest absolute Gasteiger partial charge is 0.246 e. The summed E-state index contributed by atoms with van der Waals surface area (Å²) in [7, 11) is 3.17. The van der Waals surface area contributed by atoms with E-state index in [9.17, 15) is 4.79 Å². The molecule has 6 nitrogen and oxygen atoms in total. The molecule has 0 spiro atoms. The van der Waals surface area contributed by atoms with Crippen LogP contribution in [0.3, 0.4) is 0 Å². The Hall–Kier alpha value is -1.92. The van der Waals surface area contributed by atoms with E-state index >= 15 is 0 Å². The molecule has 1 amide bonds. The summed E-state index contributed by atoms with van der Waals surface area (Å²) in [6.07, 6.45) is 0. The lowest BCUT2D eigenvalue weighted by Gasteiger charge is -2.16. The predicted octanol–water partition coefficient (Wildman–Crippen LogP) is 1.51. The second kappa shape index (κ2) is 7.19. The molecule has 0 saturated heterocycles. The van der Waals surface area contributed by atoms with Crippen molar-refractivity contribution in [3.8, 4) is 0 Å². The Morgan fingerprint density at radius 2 is 2.10 bits per heavy atom. The summed E-state index contributed by atoms with van der Waals surface area (Å²) in [5, 5.41) is 2.89. The summed E-state index contributed by atoms with van der Waals surface area (Å²) in [5.74, 6) is 0.660. The van der Waals surface area contributed by atoms with Crippen LogP contribution in [-0.2, 0) is 20.8 Å². The van der Waals surface area contributed by atoms with Gasteiger partial charge in [0.2, 0.25) is 5.91 Å². The molecule has 0 fully saturated rings. The molecule has 1 atom stereocenters. The first-order valence-electron chi connectivity index (χ1n) is 6.89. The Kier molecular flexibility index (Phi) is 5.30. The van der Waals surface area contributed by atoms with Gasteiger partial charge in [0, 0.05) is 20.8 Å². The Balaban J connectivity index is 2.30. The molecule has 2 aromatic rings. The van der Waals surface area contributed by atoms with Crippen LogP contribution < -0.4 is 5.32 Å². The standard InChI is InChI=1S/C15H21N3O3/c1-11(16-14(19)10-21-3)15-17-12-6-4-5-7-13(12)18(15)8-9-20-2/h4-7,11H,8-10H2,1-3H3,(H,16,19). The van der Waals surface area contributed by atoms with Crippen LogP contribution in [0.1, 0.15) is 18.8 Å². The number of nitrogens with one attached hydrogen (secondary N) is 1. The highest BCUT2D eigenvalue weighted by Gasteiger charge is 2.17. The minimum Gasteiger partial charge on any atom is -0.383 e. The zero-order chi connectivity index (χ0) is 15.2. The Bertz CT molecular complexity index is 609. The minimum absolute atomic E-state index is 0.0443. The van der Waals surface area contributed by atoms with Crippen LogP contribution in [-0.4, -0.2) is 42.9 Å². The van der Waals surface area contributed by atoms with Crippen molar-refractivity contribution < 1.29 is 14.3 Å². The number of carbonyl (C=O) groups excluding carboxylic acids is 1. The predicted molar refractivity (Wildman–Crippen MR) is 80.0 cm³/mol. The third-order valence-corrected chi connectivity index (χ3v) is 3.24. The van der Waals surface area contributed by atoms with Gasteiger partial charge in [-0.1, -0.05) is 12.1 Å². The lowest BCUT2D eigenvalue weighted by molar-refractivity contribution is -0.125. The molecular formula is C15H21N3O3. The summed E-state index contributed by atoms with van der Waals surface area (Å²) in [6, 6.07) is 7.72. The molecule has 0 aliphatic carbocycles. The molecule has 0 saturated carbocycles. The molecule has 6 heteroatoms. The van der Waals surface area contributed by atoms with E-state index in [1.54, 1.807) is 7.11 Å². The number of carbonyl (C=O) groups is 1. The van der Waals surface area contributed by atoms with E-state index in [1.807, 2.05) is 31.2 Å². The van der Waals surface area contributed by atoms with E-state index in [-0.39, 0.29) is 18.6 Å². The van der Waals surface area contributed by atoms with Gasteiger partial charge in [0.15, 0.2) is 0 Å². The number of amides is 1. The number of hydrogen-bond acceptors (Lipinski definition) is 4. The van der Waals surface area contributed by atoms with Crippen LogP contribution in [0.15, 0.2) is 24.3 Å². The van der Waals surface area contributed by atoms with Gasteiger partial charge in [0.1, 0.15) is 12.4 Å². The molecule has 1 aromatic carbocycles. The molecule has 1 unspecified atom stereocenters. The fraction of sp³-hybridized carbons (Fsp3) is 0.467. The fourth-order valence-electron chi connectivity index (χ4n) is 2.32. The average Bonchev–Trinajstić information content (AvgIpc) is 2.84. The number of rotatable bonds is 7. The third-order valence-electron chi connectivity index (χ3n) is 3.24. The van der Waals surface area contributed by atoms with Crippen LogP contribution in [0.4, 0.5) is 0 Å². The highest BCUT2D eigenvalue weighted by Crippen LogP contribution is 2.20. The first-order chi connectivity index (χ1) is 10.2. The maximum Gasteiger partial charge on any atom is 0.246 e. The van der Waals surface area contributed by atoms with Gasteiger partial charge in [0.05, 0.1) is 23.7 Å². The lowest BCUT2D eigenvalue weighted by Crippen LogP contribution is -2.31. The van der Waals surface area contributed by atoms with Crippen molar-refractivity contribution in [2.24, 2.45) is 0 Å². The van der Waals surface area contributed by atoms with E-state index in [2.05, 4.69) is 14.9 Å². The molecule has 0 radical (unpaired) electrons. The van der Waals surface area contributed by atoms with Crippen molar-refractivity contribution >= 4 is 16.9 Å². The number of hydrogen-bond donors (Lipinski definition) is 1. The summed E-state index contributed by atoms with van der Waals surface area (Å²) >= 11 is 0. The van der Waals surface area contributed by atoms with Gasteiger partial charge < -0.3 is 19.4 Å². The maximum atomic E-state index is 11.7. The summed E-state index contributed by atoms with van der Waals surface area (Å²) in [4.78, 5) is 16.3. The minimum atomic E-state index is -0.197. The van der Waals surface area contributed by atoms with Gasteiger partial charge in [0.25, 0.3) is 0 Å². The molecule has 1 N–H and O–H groups in total. The number of ether oxygens (including phenoxy) is 2. The highest BCUT2D eigenvalue weighted by molar-refractivity contribution is 5.78. The van der Waals surface area contributed by atoms with Crippen LogP contribution >= 0.6 is 0 Å². The van der Waals surface area contributed by atoms with Crippen molar-refractivity contribution in [2.45, 2.75) is 19.5 Å². The number of nitrogens with zero attached hydrogens (tertiary/aromatic N) is 2. The van der Waals surface area contributed by atoms with Gasteiger partial charge >= 0.3 is 0 Å². The van der Waals surface area contributed by atoms with Crippen LogP contribution in [0.2, 0.25) is 0 Å². The van der Waals surface area contributed by atoms with Gasteiger partial charge in [-0.05, 0) is 19.1 Å². The Morgan fingerprint density at radius 3 is 2.81 bits per heavy atom. The number of benzene rings is 1. The normalized spacial score (nSPS) is 12.5. The largest absolute Gasteiger partial charge is 0.383 e. The quantitative estimate of drug-likeness (QED) is 0.839. The second-order valence-electron chi connectivity index (χ2n) is 4.83. The molecule has 0 bridgehead atoms. The number of fused-ring (bicyclic) bond motifs is 1. The maximum absolute atomic E-state index is 11.7. The first-order valence-corrected chi connectivity index (χ1v) is 6.89. The first kappa shape index (κ1) is 15.5. The number of aromatic nitrogens is 2. The van der Waals surface area contributed by atoms with Gasteiger partial charge in [-0.3, -0.25) is 4.79 Å². The summed E-state index contributed by atoms with van der Waals surface area (Å²) in [6.45, 7) is 3.24. The summed E-state index contributed by atoms with van der Waals surface area (Å²) < 4.78 is 12.1. The third kappa shape index (κ3) is 3.59. The molecule has 0 aliphatic heterocycles. The SMILES string of the molecule is COCCn1c(C(C)NC(=O)COC)nc2ccccc21.